The highest BCUT2D eigenvalue weighted by molar-refractivity contribution is 5.85. The van der Waals surface area contributed by atoms with Crippen molar-refractivity contribution < 1.29 is 29.2 Å². The number of Topliss-reactive ketones (excluding diaryl/α,β-unsaturated/α-hetero) is 1. The fourth-order valence-corrected chi connectivity index (χ4v) is 27.4. The van der Waals surface area contributed by atoms with E-state index in [1.54, 1.807) is 11.1 Å². The molecule has 23 rings (SSSR count). The number of carbonyl (C=O) groups excluding carboxylic acids is 1. The number of likely N-dealkylation sites (tertiary alicyclic amines) is 2. The smallest absolute Gasteiger partial charge is 0.136 e. The Morgan fingerprint density at radius 3 is 1.15 bits per heavy atom. The van der Waals surface area contributed by atoms with Gasteiger partial charge >= 0.3 is 0 Å². The van der Waals surface area contributed by atoms with Crippen molar-refractivity contribution in [2.75, 3.05) is 26.2 Å². The summed E-state index contributed by atoms with van der Waals surface area (Å²) in [6, 6.07) is 28.5. The van der Waals surface area contributed by atoms with E-state index < -0.39 is 11.2 Å². The molecule has 2 N–H and O–H groups in total. The number of aromatic nitrogens is 3. The van der Waals surface area contributed by atoms with Crippen molar-refractivity contribution in [3.63, 3.8) is 0 Å². The van der Waals surface area contributed by atoms with Gasteiger partial charge in [0.05, 0.1) is 44.8 Å². The normalized spacial score (nSPS) is 42.1. The van der Waals surface area contributed by atoms with Gasteiger partial charge in [0.15, 0.2) is 0 Å². The number of hydrogen-bond donors (Lipinski definition) is 2. The third kappa shape index (κ3) is 9.49. The lowest BCUT2D eigenvalue weighted by molar-refractivity contribution is -0.157. The molecule has 3 aromatic heterocycles. The molecule has 534 valence electrons. The number of rotatable bonds is 5. The maximum atomic E-state index is 12.4. The number of pyridine rings is 3. The summed E-state index contributed by atoms with van der Waals surface area (Å²) < 4.78 is 22.1. The quantitative estimate of drug-likeness (QED) is 0.171. The molecule has 17 atom stereocenters. The number of β-amino-alcohol motifs (C(OH)–C–C–N with tert-alkyl or cyclic N) is 2. The van der Waals surface area contributed by atoms with Crippen LogP contribution in [0.2, 0.25) is 0 Å². The first-order valence-electron chi connectivity index (χ1n) is 40.4. The number of aliphatic hydroxyl groups is 2. The standard InChI is InChI=1S/2C32H38N2O2.C28H29NO2/c2*1-29(35)19-34(20-29)26-6-5-24-16-25-9-11-30(2)27(22-4-3-21-10-14-33-18-23(21)15-22)7-8-28(30)32(25)13-12-31(24,17-26)36-32;1-26-10-8-22-15-21-4-5-23(30)16-27(21)11-12-28(22,31-27)25(26)7-6-24(26)19-3-2-18-9-13-29-17-20(18)14-19/h2*3-4,9-10,14-16,18,26-28,35H,5-8,11-13,17,19-20H2,1-2H3;2-3,8-9,13-15,17,24-25H,4-7,10-12,16H2,1H3/t26-,27+,28+,30+,31+,32?;26-,27-,28-,30-,31-,32?;24-,25-,26-,27-,28?/m011/s1. The van der Waals surface area contributed by atoms with Crippen LogP contribution in [0.5, 0.6) is 0 Å². The van der Waals surface area contributed by atoms with Gasteiger partial charge in [0, 0.05) is 104 Å². The second-order valence-electron chi connectivity index (χ2n) is 37.9. The van der Waals surface area contributed by atoms with Gasteiger partial charge in [-0.2, -0.15) is 0 Å². The van der Waals surface area contributed by atoms with Gasteiger partial charge in [0.2, 0.25) is 0 Å². The van der Waals surface area contributed by atoms with Crippen molar-refractivity contribution in [3.05, 3.63) is 197 Å². The molecule has 17 aliphatic rings. The Kier molecular flexibility index (Phi) is 14.2. The van der Waals surface area contributed by atoms with E-state index in [-0.39, 0.29) is 49.9 Å². The minimum atomic E-state index is -0.503. The molecule has 6 bridgehead atoms. The van der Waals surface area contributed by atoms with Crippen LogP contribution in [0.3, 0.4) is 0 Å². The number of fused-ring (bicyclic) bond motifs is 6. The minimum absolute atomic E-state index is 0.0767. The summed E-state index contributed by atoms with van der Waals surface area (Å²) in [5.41, 5.74) is 12.2. The predicted molar refractivity (Wildman–Crippen MR) is 404 cm³/mol. The van der Waals surface area contributed by atoms with Crippen molar-refractivity contribution in [2.24, 2.45) is 34.0 Å². The fraction of sp³-hybridized carbons (Fsp3) is 0.565. The van der Waals surface area contributed by atoms with Crippen LogP contribution in [0.1, 0.15) is 223 Å². The van der Waals surface area contributed by atoms with E-state index in [9.17, 15) is 15.0 Å². The average Bonchev–Trinajstić information content (AvgIpc) is 1.54. The van der Waals surface area contributed by atoms with E-state index in [4.69, 9.17) is 14.2 Å². The molecule has 5 saturated heterocycles. The molecule has 11 heteroatoms. The Morgan fingerprint density at radius 1 is 0.408 bits per heavy atom. The summed E-state index contributed by atoms with van der Waals surface area (Å²) >= 11 is 0. The number of carbonyl (C=O) groups is 1. The lowest BCUT2D eigenvalue weighted by Crippen LogP contribution is -2.65. The van der Waals surface area contributed by atoms with Crippen LogP contribution >= 0.6 is 0 Å². The van der Waals surface area contributed by atoms with Crippen LogP contribution in [-0.4, -0.2) is 124 Å². The van der Waals surface area contributed by atoms with Crippen LogP contribution in [0.15, 0.2) is 180 Å². The van der Waals surface area contributed by atoms with E-state index in [2.05, 4.69) is 155 Å². The Hall–Kier alpha value is -6.28. The molecular weight excluding hydrogens is 1270 g/mol. The maximum Gasteiger partial charge on any atom is 0.136 e. The Morgan fingerprint density at radius 2 is 0.767 bits per heavy atom. The molecule has 6 saturated carbocycles. The van der Waals surface area contributed by atoms with E-state index in [0.29, 0.717) is 66.2 Å². The molecule has 9 aliphatic carbocycles. The zero-order valence-corrected chi connectivity index (χ0v) is 61.5. The summed E-state index contributed by atoms with van der Waals surface area (Å²) in [7, 11) is 0. The number of allylic oxidation sites excluding steroid dienone is 3. The first kappa shape index (κ1) is 65.0. The summed E-state index contributed by atoms with van der Waals surface area (Å²) in [5.74, 6) is 3.70. The Labute approximate surface area is 608 Å². The highest BCUT2D eigenvalue weighted by atomic mass is 16.5. The first-order valence-corrected chi connectivity index (χ1v) is 40.4. The van der Waals surface area contributed by atoms with Crippen molar-refractivity contribution in [2.45, 2.75) is 263 Å². The molecule has 11 nitrogen and oxygen atoms in total. The van der Waals surface area contributed by atoms with E-state index >= 15 is 0 Å². The molecule has 11 heterocycles. The van der Waals surface area contributed by atoms with Gasteiger partial charge in [-0.25, -0.2) is 0 Å². The van der Waals surface area contributed by atoms with Crippen molar-refractivity contribution in [1.29, 1.82) is 0 Å². The summed E-state index contributed by atoms with van der Waals surface area (Å²) in [5, 5.41) is 28.2. The largest absolute Gasteiger partial charge is 0.388 e. The molecule has 3 unspecified atom stereocenters. The van der Waals surface area contributed by atoms with Crippen LogP contribution in [0.4, 0.5) is 0 Å². The number of ketones is 1. The zero-order valence-electron chi connectivity index (χ0n) is 61.5. The summed E-state index contributed by atoms with van der Waals surface area (Å²) in [4.78, 5) is 30.5. The van der Waals surface area contributed by atoms with Gasteiger partial charge < -0.3 is 24.4 Å². The van der Waals surface area contributed by atoms with Gasteiger partial charge in [0.1, 0.15) is 5.78 Å². The zero-order chi connectivity index (χ0) is 69.5. The molecule has 6 spiro atoms. The first-order chi connectivity index (χ1) is 49.6. The fourth-order valence-electron chi connectivity index (χ4n) is 27.4. The summed E-state index contributed by atoms with van der Waals surface area (Å²) in [6.45, 7) is 14.8. The molecule has 0 amide bonds. The highest BCUT2D eigenvalue weighted by Crippen LogP contribution is 2.73. The molecule has 0 radical (unpaired) electrons. The summed E-state index contributed by atoms with van der Waals surface area (Å²) in [6.07, 6.45) is 53.6. The van der Waals surface area contributed by atoms with Crippen LogP contribution in [0.25, 0.3) is 32.3 Å². The molecule has 3 aromatic carbocycles. The SMILES string of the molecule is CC1(O)CN([C@@H]2CCC3=CC4=CC[C@]5(C)[C@@H](c6ccc7ccncc7c6)CC[C@H]5C45CC[C@]3(C2)O5)C1.CC1(O)CN([C@H]2CCC3=CC4=CC[C@]5(C)[C@@H](c6ccc7ccncc7c6)CC[C@H]5C45CC[C@]3(C2)O5)C1.C[C@]12CC=C3C=C4CCC(=O)C[C@]45CCC3(O5)[C@@H]1CC[C@@H]2c1ccc2ccncc2c1. The maximum absolute atomic E-state index is 12.4. The Bertz CT molecular complexity index is 4570. The topological polar surface area (TPSA) is 130 Å². The number of hydrogen-bond acceptors (Lipinski definition) is 11. The van der Waals surface area contributed by atoms with Crippen LogP contribution < -0.4 is 0 Å². The van der Waals surface area contributed by atoms with Gasteiger partial charge in [-0.3, -0.25) is 29.5 Å². The molecule has 8 aliphatic heterocycles. The predicted octanol–water partition coefficient (Wildman–Crippen LogP) is 17.9. The average molecular weight is 1380 g/mol. The third-order valence-electron chi connectivity index (χ3n) is 32.2. The lowest BCUT2D eigenvalue weighted by atomic mass is 9.58. The van der Waals surface area contributed by atoms with Gasteiger partial charge in [0.25, 0.3) is 0 Å². The van der Waals surface area contributed by atoms with Gasteiger partial charge in [-0.05, 0) is 310 Å². The van der Waals surface area contributed by atoms with E-state index in [0.717, 1.165) is 116 Å². The number of nitrogens with zero attached hydrogens (tertiary/aromatic N) is 5. The highest BCUT2D eigenvalue weighted by Gasteiger charge is 2.71. The molecule has 6 aromatic rings. The second-order valence-corrected chi connectivity index (χ2v) is 37.9. The molecule has 103 heavy (non-hydrogen) atoms. The Balaban J connectivity index is 0.000000100. The third-order valence-corrected chi connectivity index (χ3v) is 32.2. The van der Waals surface area contributed by atoms with E-state index in [1.807, 2.05) is 51.0 Å². The monoisotopic (exact) mass is 1380 g/mol. The molecular formula is C92H105N5O6. The second kappa shape index (κ2) is 22.4. The van der Waals surface area contributed by atoms with Crippen LogP contribution in [-0.2, 0) is 19.0 Å². The van der Waals surface area contributed by atoms with Crippen molar-refractivity contribution in [3.8, 4) is 0 Å². The van der Waals surface area contributed by atoms with E-state index in [1.165, 1.54) is 123 Å². The van der Waals surface area contributed by atoms with Crippen molar-refractivity contribution in [1.82, 2.24) is 24.8 Å². The molecule has 11 fully saturated rings. The number of benzene rings is 3. The number of ether oxygens (including phenoxy) is 3. The van der Waals surface area contributed by atoms with Gasteiger partial charge in [-0.1, -0.05) is 93.6 Å². The van der Waals surface area contributed by atoms with Gasteiger partial charge in [-0.15, -0.1) is 0 Å². The lowest BCUT2D eigenvalue weighted by Gasteiger charge is -2.56. The minimum Gasteiger partial charge on any atom is -0.388 e. The van der Waals surface area contributed by atoms with Crippen molar-refractivity contribution >= 4 is 38.1 Å². The van der Waals surface area contributed by atoms with Crippen LogP contribution in [0, 0.1) is 34.0 Å².